The Hall–Kier alpha value is -2.47. The van der Waals surface area contributed by atoms with Crippen LogP contribution in [0.3, 0.4) is 0 Å². The van der Waals surface area contributed by atoms with Crippen molar-refractivity contribution >= 4 is 11.7 Å². The van der Waals surface area contributed by atoms with E-state index in [1.807, 2.05) is 36.4 Å². The molecule has 1 aliphatic heterocycles. The normalized spacial score (nSPS) is 15.0. The Kier molecular flexibility index (Phi) is 6.55. The van der Waals surface area contributed by atoms with Crippen LogP contribution in [0.5, 0.6) is 0 Å². The molecule has 0 saturated carbocycles. The van der Waals surface area contributed by atoms with Crippen molar-refractivity contribution < 1.29 is 9.53 Å². The van der Waals surface area contributed by atoms with Gasteiger partial charge in [-0.3, -0.25) is 4.79 Å². The number of methoxy groups -OCH3 is 1. The van der Waals surface area contributed by atoms with E-state index in [0.717, 1.165) is 49.4 Å². The predicted octanol–water partition coefficient (Wildman–Crippen LogP) is 2.51. The van der Waals surface area contributed by atoms with E-state index in [1.165, 1.54) is 0 Å². The molecule has 1 aromatic heterocycles. The Labute approximate surface area is 154 Å². The zero-order chi connectivity index (χ0) is 18.2. The molecular weight excluding hydrogens is 328 g/mol. The molecule has 138 valence electrons. The number of ether oxygens (including phenoxy) is 1. The molecule has 0 radical (unpaired) electrons. The first-order valence-electron chi connectivity index (χ1n) is 9.17. The van der Waals surface area contributed by atoms with Crippen LogP contribution in [0.1, 0.15) is 19.3 Å². The second kappa shape index (κ2) is 9.29. The first-order chi connectivity index (χ1) is 12.8. The van der Waals surface area contributed by atoms with Crippen molar-refractivity contribution in [1.29, 1.82) is 0 Å². The van der Waals surface area contributed by atoms with Crippen LogP contribution in [0.4, 0.5) is 5.82 Å². The quantitative estimate of drug-likeness (QED) is 0.774. The maximum absolute atomic E-state index is 12.2. The Morgan fingerprint density at radius 1 is 1.23 bits per heavy atom. The molecule has 26 heavy (non-hydrogen) atoms. The molecule has 6 heteroatoms. The molecule has 1 amide bonds. The van der Waals surface area contributed by atoms with Gasteiger partial charge in [-0.05, 0) is 19.3 Å². The largest absolute Gasteiger partial charge is 0.385 e. The van der Waals surface area contributed by atoms with Crippen molar-refractivity contribution in [3.05, 3.63) is 42.7 Å². The lowest BCUT2D eigenvalue weighted by molar-refractivity contribution is -0.125. The Morgan fingerprint density at radius 2 is 2.00 bits per heavy atom. The standard InChI is InChI=1S/C20H26N4O2/c1-26-13-5-10-21-20(25)17-8-11-24(12-9-17)19-14-18(22-15-23-19)16-6-3-2-4-7-16/h2-4,6-7,14-15,17H,5,8-13H2,1H3,(H,21,25). The van der Waals surface area contributed by atoms with E-state index in [0.29, 0.717) is 13.2 Å². The topological polar surface area (TPSA) is 67.3 Å². The van der Waals surface area contributed by atoms with Crippen molar-refractivity contribution in [3.63, 3.8) is 0 Å². The van der Waals surface area contributed by atoms with E-state index in [1.54, 1.807) is 13.4 Å². The minimum atomic E-state index is 0.0872. The number of amides is 1. The summed E-state index contributed by atoms with van der Waals surface area (Å²) in [5, 5.41) is 3.01. The van der Waals surface area contributed by atoms with Crippen LogP contribution in [-0.4, -0.2) is 49.2 Å². The summed E-state index contributed by atoms with van der Waals surface area (Å²) in [6.07, 6.45) is 4.16. The summed E-state index contributed by atoms with van der Waals surface area (Å²) in [6.45, 7) is 3.03. The number of hydrogen-bond donors (Lipinski definition) is 1. The molecule has 2 aromatic rings. The maximum Gasteiger partial charge on any atom is 0.223 e. The fourth-order valence-corrected chi connectivity index (χ4v) is 3.23. The number of hydrogen-bond acceptors (Lipinski definition) is 5. The molecule has 0 bridgehead atoms. The number of anilines is 1. The molecule has 1 fully saturated rings. The van der Waals surface area contributed by atoms with Crippen molar-refractivity contribution in [2.24, 2.45) is 5.92 Å². The van der Waals surface area contributed by atoms with E-state index in [2.05, 4.69) is 20.2 Å². The molecule has 1 N–H and O–H groups in total. The van der Waals surface area contributed by atoms with E-state index in [-0.39, 0.29) is 11.8 Å². The van der Waals surface area contributed by atoms with E-state index >= 15 is 0 Å². The molecular formula is C20H26N4O2. The van der Waals surface area contributed by atoms with Crippen molar-refractivity contribution in [2.75, 3.05) is 38.3 Å². The summed E-state index contributed by atoms with van der Waals surface area (Å²) < 4.78 is 5.00. The molecule has 0 unspecified atom stereocenters. The summed E-state index contributed by atoms with van der Waals surface area (Å²) in [5.41, 5.74) is 2.01. The van der Waals surface area contributed by atoms with Gasteiger partial charge in [-0.1, -0.05) is 30.3 Å². The summed E-state index contributed by atoms with van der Waals surface area (Å²) in [6, 6.07) is 12.1. The molecule has 6 nitrogen and oxygen atoms in total. The smallest absolute Gasteiger partial charge is 0.223 e. The van der Waals surface area contributed by atoms with Crippen LogP contribution in [0.2, 0.25) is 0 Å². The van der Waals surface area contributed by atoms with Gasteiger partial charge in [0.05, 0.1) is 5.69 Å². The number of rotatable bonds is 7. The second-order valence-electron chi connectivity index (χ2n) is 6.53. The first-order valence-corrected chi connectivity index (χ1v) is 9.17. The van der Waals surface area contributed by atoms with Gasteiger partial charge in [-0.15, -0.1) is 0 Å². The third-order valence-corrected chi connectivity index (χ3v) is 4.74. The van der Waals surface area contributed by atoms with Gasteiger partial charge in [0.1, 0.15) is 12.1 Å². The summed E-state index contributed by atoms with van der Waals surface area (Å²) in [4.78, 5) is 23.3. The molecule has 1 aromatic carbocycles. The Bertz CT molecular complexity index is 700. The average Bonchev–Trinajstić information content (AvgIpc) is 2.72. The van der Waals surface area contributed by atoms with Crippen LogP contribution < -0.4 is 10.2 Å². The van der Waals surface area contributed by atoms with Crippen molar-refractivity contribution in [3.8, 4) is 11.3 Å². The van der Waals surface area contributed by atoms with Gasteiger partial charge < -0.3 is 15.0 Å². The van der Waals surface area contributed by atoms with E-state index < -0.39 is 0 Å². The third-order valence-electron chi connectivity index (χ3n) is 4.74. The van der Waals surface area contributed by atoms with Gasteiger partial charge in [0.15, 0.2) is 0 Å². The van der Waals surface area contributed by atoms with Crippen LogP contribution in [0.15, 0.2) is 42.7 Å². The van der Waals surface area contributed by atoms with Crippen molar-refractivity contribution in [1.82, 2.24) is 15.3 Å². The minimum Gasteiger partial charge on any atom is -0.385 e. The lowest BCUT2D eigenvalue weighted by Gasteiger charge is -2.32. The number of benzene rings is 1. The number of aromatic nitrogens is 2. The van der Waals surface area contributed by atoms with Crippen molar-refractivity contribution in [2.45, 2.75) is 19.3 Å². The highest BCUT2D eigenvalue weighted by molar-refractivity contribution is 5.79. The minimum absolute atomic E-state index is 0.0872. The number of carbonyl (C=O) groups excluding carboxylic acids is 1. The molecule has 1 saturated heterocycles. The fraction of sp³-hybridized carbons (Fsp3) is 0.450. The summed E-state index contributed by atoms with van der Waals surface area (Å²) in [7, 11) is 1.67. The van der Waals surface area contributed by atoms with Gasteiger partial charge in [0.2, 0.25) is 5.91 Å². The lowest BCUT2D eigenvalue weighted by atomic mass is 9.96. The number of nitrogens with zero attached hydrogens (tertiary/aromatic N) is 3. The molecule has 2 heterocycles. The van der Waals surface area contributed by atoms with Crippen LogP contribution in [0, 0.1) is 5.92 Å². The Morgan fingerprint density at radius 3 is 2.73 bits per heavy atom. The lowest BCUT2D eigenvalue weighted by Crippen LogP contribution is -2.41. The van der Waals surface area contributed by atoms with E-state index in [9.17, 15) is 4.79 Å². The zero-order valence-corrected chi connectivity index (χ0v) is 15.2. The summed E-state index contributed by atoms with van der Waals surface area (Å²) in [5.74, 6) is 1.18. The average molecular weight is 354 g/mol. The molecule has 0 spiro atoms. The first kappa shape index (κ1) is 18.3. The molecule has 3 rings (SSSR count). The van der Waals surface area contributed by atoms with Crippen LogP contribution in [-0.2, 0) is 9.53 Å². The molecule has 0 aliphatic carbocycles. The van der Waals surface area contributed by atoms with E-state index in [4.69, 9.17) is 4.74 Å². The number of piperidine rings is 1. The van der Waals surface area contributed by atoms with Gasteiger partial charge in [-0.25, -0.2) is 9.97 Å². The van der Waals surface area contributed by atoms with Crippen LogP contribution >= 0.6 is 0 Å². The monoisotopic (exact) mass is 354 g/mol. The highest BCUT2D eigenvalue weighted by Gasteiger charge is 2.25. The van der Waals surface area contributed by atoms with Gasteiger partial charge in [0.25, 0.3) is 0 Å². The van der Waals surface area contributed by atoms with Gasteiger partial charge in [0, 0.05) is 50.9 Å². The second-order valence-corrected chi connectivity index (χ2v) is 6.53. The SMILES string of the molecule is COCCCNC(=O)C1CCN(c2cc(-c3ccccc3)ncn2)CC1. The zero-order valence-electron chi connectivity index (χ0n) is 15.2. The van der Waals surface area contributed by atoms with Gasteiger partial charge >= 0.3 is 0 Å². The van der Waals surface area contributed by atoms with Crippen LogP contribution in [0.25, 0.3) is 11.3 Å². The third kappa shape index (κ3) is 4.79. The Balaban J connectivity index is 1.54. The van der Waals surface area contributed by atoms with Gasteiger partial charge in [-0.2, -0.15) is 0 Å². The maximum atomic E-state index is 12.2. The number of carbonyl (C=O) groups is 1. The highest BCUT2D eigenvalue weighted by atomic mass is 16.5. The summed E-state index contributed by atoms with van der Waals surface area (Å²) >= 11 is 0. The molecule has 1 aliphatic rings. The highest BCUT2D eigenvalue weighted by Crippen LogP contribution is 2.25. The predicted molar refractivity (Wildman–Crippen MR) is 102 cm³/mol. The number of nitrogens with one attached hydrogen (secondary N) is 1. The molecule has 0 atom stereocenters. The fourth-order valence-electron chi connectivity index (χ4n) is 3.23.